The monoisotopic (exact) mass is 269 g/mol. The molecule has 20 heavy (non-hydrogen) atoms. The van der Waals surface area contributed by atoms with Crippen molar-refractivity contribution in [2.24, 2.45) is 0 Å². The molecule has 3 rings (SSSR count). The third-order valence-electron chi connectivity index (χ3n) is 2.83. The van der Waals surface area contributed by atoms with Crippen LogP contribution in [-0.4, -0.2) is 19.5 Å². The molecule has 0 bridgehead atoms. The molecule has 0 spiro atoms. The van der Waals surface area contributed by atoms with Crippen molar-refractivity contribution in [2.45, 2.75) is 6.54 Å². The van der Waals surface area contributed by atoms with E-state index in [1.807, 2.05) is 6.07 Å². The number of imidazole rings is 1. The first kappa shape index (κ1) is 12.3. The van der Waals surface area contributed by atoms with E-state index in [0.717, 1.165) is 5.56 Å². The lowest BCUT2D eigenvalue weighted by atomic mass is 10.2. The van der Waals surface area contributed by atoms with Gasteiger partial charge in [0, 0.05) is 31.3 Å². The quantitative estimate of drug-likeness (QED) is 0.790. The summed E-state index contributed by atoms with van der Waals surface area (Å²) in [5, 5.41) is 3.08. The van der Waals surface area contributed by atoms with Crippen LogP contribution in [0.5, 0.6) is 0 Å². The average molecular weight is 269 g/mol. The summed E-state index contributed by atoms with van der Waals surface area (Å²) in [6.07, 6.45) is 9.71. The molecule has 0 amide bonds. The van der Waals surface area contributed by atoms with E-state index in [0.29, 0.717) is 18.1 Å². The number of nitrogens with zero attached hydrogens (tertiary/aromatic N) is 4. The van der Waals surface area contributed by atoms with Crippen molar-refractivity contribution in [3.8, 4) is 5.69 Å². The molecule has 6 heteroatoms. The summed E-state index contributed by atoms with van der Waals surface area (Å²) < 4.78 is 15.7. The Morgan fingerprint density at radius 2 is 2.10 bits per heavy atom. The first-order valence-corrected chi connectivity index (χ1v) is 6.09. The maximum absolute atomic E-state index is 14.0. The maximum Gasteiger partial charge on any atom is 0.147 e. The van der Waals surface area contributed by atoms with Crippen molar-refractivity contribution >= 4 is 5.82 Å². The third-order valence-corrected chi connectivity index (χ3v) is 2.83. The minimum absolute atomic E-state index is 0.290. The van der Waals surface area contributed by atoms with Gasteiger partial charge in [0.25, 0.3) is 0 Å². The smallest absolute Gasteiger partial charge is 0.147 e. The molecule has 0 unspecified atom stereocenters. The van der Waals surface area contributed by atoms with Crippen molar-refractivity contribution in [3.63, 3.8) is 0 Å². The van der Waals surface area contributed by atoms with Gasteiger partial charge in [-0.1, -0.05) is 6.07 Å². The van der Waals surface area contributed by atoms with Gasteiger partial charge in [-0.25, -0.2) is 14.4 Å². The van der Waals surface area contributed by atoms with Gasteiger partial charge in [0.05, 0.1) is 18.2 Å². The van der Waals surface area contributed by atoms with E-state index < -0.39 is 0 Å². The minimum Gasteiger partial charge on any atom is -0.365 e. The van der Waals surface area contributed by atoms with Gasteiger partial charge < -0.3 is 9.88 Å². The number of hydrogen-bond donors (Lipinski definition) is 1. The number of aromatic nitrogens is 4. The van der Waals surface area contributed by atoms with Crippen LogP contribution in [0.1, 0.15) is 5.56 Å². The molecule has 3 aromatic rings. The highest BCUT2D eigenvalue weighted by Crippen LogP contribution is 2.15. The van der Waals surface area contributed by atoms with Gasteiger partial charge in [0.1, 0.15) is 11.6 Å². The number of hydrogen-bond acceptors (Lipinski definition) is 4. The number of halogens is 1. The molecule has 0 aliphatic rings. The number of nitrogens with one attached hydrogen (secondary N) is 1. The lowest BCUT2D eigenvalue weighted by Crippen LogP contribution is -2.03. The van der Waals surface area contributed by atoms with E-state index in [-0.39, 0.29) is 5.82 Å². The molecule has 0 saturated heterocycles. The summed E-state index contributed by atoms with van der Waals surface area (Å²) in [5.74, 6) is 0.369. The van der Waals surface area contributed by atoms with Crippen LogP contribution in [0.25, 0.3) is 5.69 Å². The zero-order valence-corrected chi connectivity index (χ0v) is 10.6. The van der Waals surface area contributed by atoms with E-state index in [2.05, 4.69) is 20.3 Å². The maximum atomic E-state index is 14.0. The minimum atomic E-state index is -0.290. The Kier molecular flexibility index (Phi) is 3.36. The molecular weight excluding hydrogens is 257 g/mol. The Bertz CT molecular complexity index is 682. The van der Waals surface area contributed by atoms with Crippen molar-refractivity contribution in [3.05, 3.63) is 66.9 Å². The molecule has 0 aliphatic carbocycles. The van der Waals surface area contributed by atoms with E-state index in [9.17, 15) is 4.39 Å². The fourth-order valence-corrected chi connectivity index (χ4v) is 1.85. The molecular formula is C14H12FN5. The standard InChI is InChI=1S/C14H12FN5/c15-12-7-11(8-19-14-9-16-3-4-18-14)1-2-13(12)20-6-5-17-10-20/h1-7,9-10H,8H2,(H,18,19). The second-order valence-electron chi connectivity index (χ2n) is 4.20. The van der Waals surface area contributed by atoms with Crippen LogP contribution < -0.4 is 5.32 Å². The molecule has 1 N–H and O–H groups in total. The van der Waals surface area contributed by atoms with Gasteiger partial charge in [0.15, 0.2) is 0 Å². The van der Waals surface area contributed by atoms with Gasteiger partial charge in [-0.15, -0.1) is 0 Å². The summed E-state index contributed by atoms with van der Waals surface area (Å²) in [6.45, 7) is 0.486. The van der Waals surface area contributed by atoms with Crippen molar-refractivity contribution in [1.29, 1.82) is 0 Å². The topological polar surface area (TPSA) is 55.6 Å². The lowest BCUT2D eigenvalue weighted by molar-refractivity contribution is 0.616. The van der Waals surface area contributed by atoms with Gasteiger partial charge in [0.2, 0.25) is 0 Å². The fourth-order valence-electron chi connectivity index (χ4n) is 1.85. The van der Waals surface area contributed by atoms with Crippen LogP contribution in [0, 0.1) is 5.82 Å². The molecule has 2 heterocycles. The van der Waals surface area contributed by atoms with Crippen molar-refractivity contribution < 1.29 is 4.39 Å². The van der Waals surface area contributed by atoms with Crippen LogP contribution in [-0.2, 0) is 6.54 Å². The Morgan fingerprint density at radius 1 is 1.15 bits per heavy atom. The SMILES string of the molecule is Fc1cc(CNc2cnccn2)ccc1-n1ccnc1. The van der Waals surface area contributed by atoms with Gasteiger partial charge in [-0.2, -0.15) is 0 Å². The molecule has 0 aliphatic heterocycles. The zero-order valence-electron chi connectivity index (χ0n) is 10.6. The van der Waals surface area contributed by atoms with Crippen LogP contribution in [0.2, 0.25) is 0 Å². The third kappa shape index (κ3) is 2.64. The molecule has 1 aromatic carbocycles. The number of rotatable bonds is 4. The first-order valence-electron chi connectivity index (χ1n) is 6.09. The van der Waals surface area contributed by atoms with E-state index in [1.54, 1.807) is 47.9 Å². The second kappa shape index (κ2) is 5.48. The van der Waals surface area contributed by atoms with E-state index in [4.69, 9.17) is 0 Å². The fraction of sp³-hybridized carbons (Fsp3) is 0.0714. The molecule has 0 radical (unpaired) electrons. The largest absolute Gasteiger partial charge is 0.365 e. The lowest BCUT2D eigenvalue weighted by Gasteiger charge is -2.08. The summed E-state index contributed by atoms with van der Waals surface area (Å²) >= 11 is 0. The molecule has 2 aromatic heterocycles. The van der Waals surface area contributed by atoms with Crippen LogP contribution in [0.3, 0.4) is 0 Å². The number of benzene rings is 1. The molecule has 0 atom stereocenters. The zero-order chi connectivity index (χ0) is 13.8. The Balaban J connectivity index is 1.74. The van der Waals surface area contributed by atoms with Crippen LogP contribution in [0.4, 0.5) is 10.2 Å². The highest BCUT2D eigenvalue weighted by molar-refractivity contribution is 5.38. The summed E-state index contributed by atoms with van der Waals surface area (Å²) in [7, 11) is 0. The molecule has 5 nitrogen and oxygen atoms in total. The Hall–Kier alpha value is -2.76. The Labute approximate surface area is 115 Å². The molecule has 0 saturated carbocycles. The average Bonchev–Trinajstić information content (AvgIpc) is 3.00. The van der Waals surface area contributed by atoms with E-state index >= 15 is 0 Å². The van der Waals surface area contributed by atoms with Crippen LogP contribution in [0.15, 0.2) is 55.5 Å². The molecule has 100 valence electrons. The summed E-state index contributed by atoms with van der Waals surface area (Å²) in [4.78, 5) is 12.0. The van der Waals surface area contributed by atoms with Gasteiger partial charge >= 0.3 is 0 Å². The Morgan fingerprint density at radius 3 is 2.80 bits per heavy atom. The van der Waals surface area contributed by atoms with Crippen molar-refractivity contribution in [1.82, 2.24) is 19.5 Å². The summed E-state index contributed by atoms with van der Waals surface area (Å²) in [5.41, 5.74) is 1.31. The predicted octanol–water partition coefficient (Wildman–Crippen LogP) is 2.41. The second-order valence-corrected chi connectivity index (χ2v) is 4.20. The van der Waals surface area contributed by atoms with E-state index in [1.165, 1.54) is 6.07 Å². The van der Waals surface area contributed by atoms with Gasteiger partial charge in [-0.3, -0.25) is 4.98 Å². The van der Waals surface area contributed by atoms with Gasteiger partial charge in [-0.05, 0) is 17.7 Å². The van der Waals surface area contributed by atoms with Crippen LogP contribution >= 0.6 is 0 Å². The highest BCUT2D eigenvalue weighted by Gasteiger charge is 2.05. The van der Waals surface area contributed by atoms with Crippen molar-refractivity contribution in [2.75, 3.05) is 5.32 Å². The first-order chi connectivity index (χ1) is 9.83. The highest BCUT2D eigenvalue weighted by atomic mass is 19.1. The summed E-state index contributed by atoms with van der Waals surface area (Å²) in [6, 6.07) is 5.09. The predicted molar refractivity (Wildman–Crippen MR) is 72.9 cm³/mol. The number of anilines is 1. The normalized spacial score (nSPS) is 10.4. The molecule has 0 fully saturated rings.